The fourth-order valence-electron chi connectivity index (χ4n) is 5.21. The Morgan fingerprint density at radius 2 is 1.19 bits per heavy atom. The Hall–Kier alpha value is -5.42. The Kier molecular flexibility index (Phi) is 6.93. The summed E-state index contributed by atoms with van der Waals surface area (Å²) >= 11 is 0. The molecule has 0 spiro atoms. The third-order valence-corrected chi connectivity index (χ3v) is 7.31. The van der Waals surface area contributed by atoms with E-state index in [1.807, 2.05) is 36.4 Å². The van der Waals surface area contributed by atoms with Crippen LogP contribution < -0.4 is 9.64 Å². The summed E-state index contributed by atoms with van der Waals surface area (Å²) in [5.74, 6) is -0.437. The molecular formula is C37H29NO4. The highest BCUT2D eigenvalue weighted by molar-refractivity contribution is 6.25. The van der Waals surface area contributed by atoms with Crippen LogP contribution in [0.4, 0.5) is 17.1 Å². The number of anilines is 3. The van der Waals surface area contributed by atoms with Crippen molar-refractivity contribution >= 4 is 61.3 Å². The van der Waals surface area contributed by atoms with Crippen molar-refractivity contribution in [1.29, 1.82) is 0 Å². The molecule has 206 valence electrons. The normalized spacial score (nSPS) is 11.1. The molecule has 42 heavy (non-hydrogen) atoms. The van der Waals surface area contributed by atoms with E-state index < -0.39 is 11.9 Å². The van der Waals surface area contributed by atoms with E-state index in [1.165, 1.54) is 26.9 Å². The highest BCUT2D eigenvalue weighted by Crippen LogP contribution is 2.44. The maximum atomic E-state index is 12.1. The molecule has 0 aliphatic heterocycles. The van der Waals surface area contributed by atoms with Crippen molar-refractivity contribution in [2.75, 3.05) is 4.90 Å². The first-order chi connectivity index (χ1) is 20.3. The highest BCUT2D eigenvalue weighted by Gasteiger charge is 2.19. The first-order valence-corrected chi connectivity index (χ1v) is 13.7. The van der Waals surface area contributed by atoms with Crippen LogP contribution in [0.15, 0.2) is 127 Å². The minimum atomic E-state index is -0.464. The predicted octanol–water partition coefficient (Wildman–Crippen LogP) is 9.15. The van der Waals surface area contributed by atoms with Crippen LogP contribution in [-0.4, -0.2) is 11.9 Å². The predicted molar refractivity (Wildman–Crippen MR) is 170 cm³/mol. The van der Waals surface area contributed by atoms with E-state index in [1.54, 1.807) is 26.0 Å². The van der Waals surface area contributed by atoms with Gasteiger partial charge >= 0.3 is 11.9 Å². The third-order valence-electron chi connectivity index (χ3n) is 7.31. The smallest absolute Gasteiger partial charge is 0.338 e. The summed E-state index contributed by atoms with van der Waals surface area (Å²) in [5, 5.41) is 7.15. The summed E-state index contributed by atoms with van der Waals surface area (Å²) in [5.41, 5.74) is 4.39. The maximum absolute atomic E-state index is 12.1. The molecule has 0 aromatic heterocycles. The minimum Gasteiger partial charge on any atom is -0.457 e. The fraction of sp³-hybridized carbons (Fsp3) is 0.0811. The summed E-state index contributed by atoms with van der Waals surface area (Å²) < 4.78 is 10.8. The molecule has 0 saturated carbocycles. The lowest BCUT2D eigenvalue weighted by Crippen LogP contribution is -2.12. The molecule has 6 aromatic carbocycles. The molecule has 0 N–H and O–H groups in total. The molecule has 0 atom stereocenters. The maximum Gasteiger partial charge on any atom is 0.338 e. The van der Waals surface area contributed by atoms with Crippen LogP contribution in [0.1, 0.15) is 19.4 Å². The SMILES string of the molecule is C=C(C)C(=O)OCc1ccc(N(c2ccc(OC(=O)C(=C)C)cc2)c2ccc3ccc4cccc5ccc2c3c45)cc1. The van der Waals surface area contributed by atoms with Crippen LogP contribution in [-0.2, 0) is 20.9 Å². The number of carbonyl (C=O) groups is 2. The fourth-order valence-corrected chi connectivity index (χ4v) is 5.21. The first kappa shape index (κ1) is 26.8. The van der Waals surface area contributed by atoms with Gasteiger partial charge in [0.2, 0.25) is 0 Å². The molecule has 0 fully saturated rings. The van der Waals surface area contributed by atoms with Crippen molar-refractivity contribution in [2.45, 2.75) is 20.5 Å². The Balaban J connectivity index is 1.47. The van der Waals surface area contributed by atoms with Crippen molar-refractivity contribution in [2.24, 2.45) is 0 Å². The summed E-state index contributed by atoms with van der Waals surface area (Å²) in [6.07, 6.45) is 0. The Bertz CT molecular complexity index is 1970. The zero-order valence-electron chi connectivity index (χ0n) is 23.5. The zero-order valence-corrected chi connectivity index (χ0v) is 23.5. The monoisotopic (exact) mass is 551 g/mol. The van der Waals surface area contributed by atoms with Crippen molar-refractivity contribution in [3.63, 3.8) is 0 Å². The lowest BCUT2D eigenvalue weighted by molar-refractivity contribution is -0.140. The number of hydrogen-bond acceptors (Lipinski definition) is 5. The number of benzene rings is 6. The molecule has 5 heteroatoms. The highest BCUT2D eigenvalue weighted by atomic mass is 16.5. The van der Waals surface area contributed by atoms with Gasteiger partial charge in [0.1, 0.15) is 12.4 Å². The van der Waals surface area contributed by atoms with Gasteiger partial charge in [-0.05, 0) is 88.8 Å². The molecular weight excluding hydrogens is 522 g/mol. The zero-order chi connectivity index (χ0) is 29.4. The average molecular weight is 552 g/mol. The van der Waals surface area contributed by atoms with E-state index in [2.05, 4.69) is 72.7 Å². The molecule has 0 aliphatic carbocycles. The van der Waals surface area contributed by atoms with Gasteiger partial charge in [0.15, 0.2) is 0 Å². The summed E-state index contributed by atoms with van der Waals surface area (Å²) in [6.45, 7) is 10.7. The van der Waals surface area contributed by atoms with Gasteiger partial charge in [-0.15, -0.1) is 0 Å². The quantitative estimate of drug-likeness (QED) is 0.0817. The van der Waals surface area contributed by atoms with Crippen molar-refractivity contribution in [3.05, 3.63) is 133 Å². The number of hydrogen-bond donors (Lipinski definition) is 0. The van der Waals surface area contributed by atoms with E-state index in [0.29, 0.717) is 16.9 Å². The molecule has 0 unspecified atom stereocenters. The van der Waals surface area contributed by atoms with E-state index in [-0.39, 0.29) is 6.61 Å². The van der Waals surface area contributed by atoms with Gasteiger partial charge in [0.25, 0.3) is 0 Å². The second-order valence-corrected chi connectivity index (χ2v) is 10.5. The van der Waals surface area contributed by atoms with Gasteiger partial charge < -0.3 is 14.4 Å². The van der Waals surface area contributed by atoms with Gasteiger partial charge in [-0.25, -0.2) is 9.59 Å². The van der Waals surface area contributed by atoms with Gasteiger partial charge in [-0.3, -0.25) is 0 Å². The second-order valence-electron chi connectivity index (χ2n) is 10.5. The van der Waals surface area contributed by atoms with E-state index in [0.717, 1.165) is 28.0 Å². The molecule has 0 aliphatic rings. The van der Waals surface area contributed by atoms with Crippen LogP contribution in [0.3, 0.4) is 0 Å². The average Bonchev–Trinajstić information content (AvgIpc) is 3.00. The lowest BCUT2D eigenvalue weighted by atomic mass is 9.93. The van der Waals surface area contributed by atoms with Crippen LogP contribution in [0, 0.1) is 0 Å². The summed E-state index contributed by atoms with van der Waals surface area (Å²) in [7, 11) is 0. The molecule has 0 heterocycles. The summed E-state index contributed by atoms with van der Waals surface area (Å²) in [4.78, 5) is 26.2. The Morgan fingerprint density at radius 1 is 0.643 bits per heavy atom. The Morgan fingerprint density at radius 3 is 1.81 bits per heavy atom. The van der Waals surface area contributed by atoms with Crippen LogP contribution in [0.5, 0.6) is 5.75 Å². The molecule has 0 bridgehead atoms. The first-order valence-electron chi connectivity index (χ1n) is 13.7. The van der Waals surface area contributed by atoms with Crippen molar-refractivity contribution in [1.82, 2.24) is 0 Å². The Labute approximate surface area is 244 Å². The lowest BCUT2D eigenvalue weighted by Gasteiger charge is -2.28. The minimum absolute atomic E-state index is 0.160. The largest absolute Gasteiger partial charge is 0.457 e. The van der Waals surface area contributed by atoms with Gasteiger partial charge in [0, 0.05) is 27.9 Å². The van der Waals surface area contributed by atoms with E-state index in [4.69, 9.17) is 9.47 Å². The standard InChI is InChI=1S/C37H29NO4/c1-23(2)36(39)41-22-25-8-14-29(15-9-25)38(30-16-18-31(19-17-30)42-37(40)24(3)4)33-21-13-28-11-10-26-6-5-7-27-12-20-32(33)35(28)34(26)27/h5-21H,1,3,22H2,2,4H3. The number of rotatable bonds is 8. The summed E-state index contributed by atoms with van der Waals surface area (Å²) in [6, 6.07) is 34.7. The third kappa shape index (κ3) is 4.97. The van der Waals surface area contributed by atoms with E-state index >= 15 is 0 Å². The van der Waals surface area contributed by atoms with Gasteiger partial charge in [-0.1, -0.05) is 73.8 Å². The number of carbonyl (C=O) groups excluding carboxylic acids is 2. The van der Waals surface area contributed by atoms with Gasteiger partial charge in [0.05, 0.1) is 5.69 Å². The van der Waals surface area contributed by atoms with Gasteiger partial charge in [-0.2, -0.15) is 0 Å². The number of ether oxygens (including phenoxy) is 2. The van der Waals surface area contributed by atoms with Crippen LogP contribution in [0.25, 0.3) is 32.3 Å². The van der Waals surface area contributed by atoms with Crippen LogP contribution >= 0.6 is 0 Å². The second kappa shape index (κ2) is 10.9. The molecule has 0 saturated heterocycles. The molecule has 5 nitrogen and oxygen atoms in total. The van der Waals surface area contributed by atoms with Crippen LogP contribution in [0.2, 0.25) is 0 Å². The molecule has 6 aromatic rings. The number of nitrogens with zero attached hydrogens (tertiary/aromatic N) is 1. The molecule has 0 amide bonds. The van der Waals surface area contributed by atoms with Crippen molar-refractivity contribution < 1.29 is 19.1 Å². The van der Waals surface area contributed by atoms with Crippen molar-refractivity contribution in [3.8, 4) is 5.75 Å². The van der Waals surface area contributed by atoms with E-state index in [9.17, 15) is 9.59 Å². The molecule has 0 radical (unpaired) electrons. The number of esters is 2. The topological polar surface area (TPSA) is 55.8 Å². The molecule has 6 rings (SSSR count).